The van der Waals surface area contributed by atoms with Crippen molar-refractivity contribution in [2.24, 2.45) is 5.92 Å². The van der Waals surface area contributed by atoms with Crippen molar-refractivity contribution in [2.75, 3.05) is 33.7 Å². The summed E-state index contributed by atoms with van der Waals surface area (Å²) in [7, 11) is 3.72. The van der Waals surface area contributed by atoms with E-state index in [0.29, 0.717) is 19.6 Å². The summed E-state index contributed by atoms with van der Waals surface area (Å²) in [6, 6.07) is 2.16. The van der Waals surface area contributed by atoms with Gasteiger partial charge < -0.3 is 15.3 Å². The van der Waals surface area contributed by atoms with Crippen molar-refractivity contribution in [3.05, 3.63) is 0 Å². The zero-order valence-electron chi connectivity index (χ0n) is 8.62. The van der Waals surface area contributed by atoms with Crippen LogP contribution in [0.1, 0.15) is 6.92 Å². The molecular formula is C9H19N3O. The van der Waals surface area contributed by atoms with Crippen LogP contribution in [0.25, 0.3) is 0 Å². The van der Waals surface area contributed by atoms with Gasteiger partial charge in [-0.15, -0.1) is 0 Å². The van der Waals surface area contributed by atoms with Gasteiger partial charge in [0.1, 0.15) is 0 Å². The van der Waals surface area contributed by atoms with Gasteiger partial charge in [-0.25, -0.2) is 0 Å². The first-order valence-electron chi connectivity index (χ1n) is 4.51. The molecule has 0 fully saturated rings. The first-order valence-corrected chi connectivity index (χ1v) is 4.51. The predicted octanol–water partition coefficient (Wildman–Crippen LogP) is -0.342. The smallest absolute Gasteiger partial charge is 0.0791 e. The minimum atomic E-state index is -0.360. The third-order valence-electron chi connectivity index (χ3n) is 1.77. The molecule has 13 heavy (non-hydrogen) atoms. The van der Waals surface area contributed by atoms with Crippen LogP contribution in [0.2, 0.25) is 0 Å². The molecule has 2 unspecified atom stereocenters. The molecule has 0 aromatic heterocycles. The number of likely N-dealkylation sites (N-methyl/N-ethyl adjacent to an activating group) is 2. The van der Waals surface area contributed by atoms with Crippen LogP contribution in [0, 0.1) is 17.2 Å². The van der Waals surface area contributed by atoms with E-state index >= 15 is 0 Å². The van der Waals surface area contributed by atoms with Gasteiger partial charge in [0, 0.05) is 19.6 Å². The Hall–Kier alpha value is -0.630. The average molecular weight is 185 g/mol. The Morgan fingerprint density at radius 1 is 1.54 bits per heavy atom. The van der Waals surface area contributed by atoms with Crippen LogP contribution in [0.15, 0.2) is 0 Å². The van der Waals surface area contributed by atoms with Crippen molar-refractivity contribution < 1.29 is 5.11 Å². The standard InChI is InChI=1S/C9H19N3O/c1-8(4-10)6-12(3)7-9(13)5-11-2/h8-9,11,13H,5-7H2,1-3H3. The molecule has 0 aliphatic heterocycles. The number of nitrogens with zero attached hydrogens (tertiary/aromatic N) is 2. The lowest BCUT2D eigenvalue weighted by Crippen LogP contribution is -2.37. The van der Waals surface area contributed by atoms with Crippen LogP contribution in [-0.2, 0) is 0 Å². The maximum atomic E-state index is 9.42. The van der Waals surface area contributed by atoms with Crippen molar-refractivity contribution >= 4 is 0 Å². The third-order valence-corrected chi connectivity index (χ3v) is 1.77. The van der Waals surface area contributed by atoms with Crippen molar-refractivity contribution in [2.45, 2.75) is 13.0 Å². The lowest BCUT2D eigenvalue weighted by molar-refractivity contribution is 0.122. The molecule has 0 spiro atoms. The first kappa shape index (κ1) is 12.4. The molecule has 4 nitrogen and oxygen atoms in total. The molecule has 76 valence electrons. The van der Waals surface area contributed by atoms with E-state index in [0.717, 1.165) is 0 Å². The normalized spacial score (nSPS) is 15.4. The second kappa shape index (κ2) is 6.84. The van der Waals surface area contributed by atoms with E-state index in [4.69, 9.17) is 5.26 Å². The predicted molar refractivity (Wildman–Crippen MR) is 52.2 cm³/mol. The number of nitrogens with one attached hydrogen (secondary N) is 1. The van der Waals surface area contributed by atoms with Gasteiger partial charge in [-0.05, 0) is 21.0 Å². The highest BCUT2D eigenvalue weighted by molar-refractivity contribution is 4.81. The molecule has 0 rings (SSSR count). The largest absolute Gasteiger partial charge is 0.390 e. The quantitative estimate of drug-likeness (QED) is 0.594. The number of aliphatic hydroxyl groups is 1. The molecule has 0 heterocycles. The topological polar surface area (TPSA) is 59.3 Å². The highest BCUT2D eigenvalue weighted by atomic mass is 16.3. The summed E-state index contributed by atoms with van der Waals surface area (Å²) in [6.07, 6.45) is -0.360. The van der Waals surface area contributed by atoms with Crippen LogP contribution in [0.5, 0.6) is 0 Å². The van der Waals surface area contributed by atoms with Crippen molar-refractivity contribution in [3.8, 4) is 6.07 Å². The van der Waals surface area contributed by atoms with Crippen LogP contribution in [-0.4, -0.2) is 49.8 Å². The maximum Gasteiger partial charge on any atom is 0.0791 e. The zero-order valence-corrected chi connectivity index (χ0v) is 8.62. The number of hydrogen-bond acceptors (Lipinski definition) is 4. The molecule has 0 radical (unpaired) electrons. The molecule has 0 saturated carbocycles. The molecule has 2 atom stereocenters. The summed E-state index contributed by atoms with van der Waals surface area (Å²) < 4.78 is 0. The van der Waals surface area contributed by atoms with E-state index < -0.39 is 0 Å². The monoisotopic (exact) mass is 185 g/mol. The van der Waals surface area contributed by atoms with E-state index in [9.17, 15) is 5.11 Å². The molecule has 0 aliphatic carbocycles. The van der Waals surface area contributed by atoms with Crippen molar-refractivity contribution in [1.29, 1.82) is 5.26 Å². The molecule has 0 amide bonds. The molecule has 4 heteroatoms. The van der Waals surface area contributed by atoms with Gasteiger partial charge in [-0.2, -0.15) is 5.26 Å². The third kappa shape index (κ3) is 6.52. The molecule has 0 bridgehead atoms. The van der Waals surface area contributed by atoms with Crippen molar-refractivity contribution in [1.82, 2.24) is 10.2 Å². The van der Waals surface area contributed by atoms with Gasteiger partial charge in [0.15, 0.2) is 0 Å². The average Bonchev–Trinajstić information content (AvgIpc) is 2.04. The zero-order chi connectivity index (χ0) is 10.3. The van der Waals surface area contributed by atoms with E-state index in [2.05, 4.69) is 11.4 Å². The summed E-state index contributed by atoms with van der Waals surface area (Å²) >= 11 is 0. The SMILES string of the molecule is CNCC(O)CN(C)CC(C)C#N. The van der Waals surface area contributed by atoms with E-state index in [1.807, 2.05) is 18.9 Å². The fourth-order valence-electron chi connectivity index (χ4n) is 1.24. The number of hydrogen-bond donors (Lipinski definition) is 2. The van der Waals surface area contributed by atoms with Crippen molar-refractivity contribution in [3.63, 3.8) is 0 Å². The Kier molecular flexibility index (Phi) is 6.51. The maximum absolute atomic E-state index is 9.42. The highest BCUT2D eigenvalue weighted by Crippen LogP contribution is 1.96. The van der Waals surface area contributed by atoms with Crippen LogP contribution in [0.4, 0.5) is 0 Å². The first-order chi connectivity index (χ1) is 6.10. The van der Waals surface area contributed by atoms with E-state index in [1.54, 1.807) is 7.05 Å². The number of aliphatic hydroxyl groups excluding tert-OH is 1. The lowest BCUT2D eigenvalue weighted by Gasteiger charge is -2.21. The minimum absolute atomic E-state index is 0.0202. The van der Waals surface area contributed by atoms with Gasteiger partial charge in [0.25, 0.3) is 0 Å². The molecular weight excluding hydrogens is 166 g/mol. The number of rotatable bonds is 6. The summed E-state index contributed by atoms with van der Waals surface area (Å²) in [5.74, 6) is 0.0202. The molecule has 0 aliphatic rings. The summed E-state index contributed by atoms with van der Waals surface area (Å²) in [6.45, 7) is 3.77. The molecule has 0 aromatic carbocycles. The fourth-order valence-corrected chi connectivity index (χ4v) is 1.24. The Balaban J connectivity index is 3.61. The number of nitriles is 1. The summed E-state index contributed by atoms with van der Waals surface area (Å²) in [5, 5.41) is 20.9. The molecule has 0 aromatic rings. The fraction of sp³-hybridized carbons (Fsp3) is 0.889. The molecule has 0 saturated heterocycles. The van der Waals surface area contributed by atoms with Gasteiger partial charge in [-0.1, -0.05) is 0 Å². The van der Waals surface area contributed by atoms with E-state index in [-0.39, 0.29) is 12.0 Å². The van der Waals surface area contributed by atoms with Crippen LogP contribution >= 0.6 is 0 Å². The summed E-state index contributed by atoms with van der Waals surface area (Å²) in [5.41, 5.74) is 0. The van der Waals surface area contributed by atoms with Gasteiger partial charge in [-0.3, -0.25) is 0 Å². The Morgan fingerprint density at radius 2 is 2.15 bits per heavy atom. The van der Waals surface area contributed by atoms with Gasteiger partial charge >= 0.3 is 0 Å². The van der Waals surface area contributed by atoms with Crippen LogP contribution in [0.3, 0.4) is 0 Å². The van der Waals surface area contributed by atoms with Gasteiger partial charge in [0.05, 0.1) is 18.1 Å². The van der Waals surface area contributed by atoms with Crippen LogP contribution < -0.4 is 5.32 Å². The minimum Gasteiger partial charge on any atom is -0.390 e. The Morgan fingerprint density at radius 3 is 2.62 bits per heavy atom. The van der Waals surface area contributed by atoms with E-state index in [1.165, 1.54) is 0 Å². The Bertz CT molecular complexity index is 167. The Labute approximate surface area is 80.2 Å². The van der Waals surface area contributed by atoms with Gasteiger partial charge in [0.2, 0.25) is 0 Å². The second-order valence-corrected chi connectivity index (χ2v) is 3.46. The second-order valence-electron chi connectivity index (χ2n) is 3.46. The highest BCUT2D eigenvalue weighted by Gasteiger charge is 2.09. The summed E-state index contributed by atoms with van der Waals surface area (Å²) in [4.78, 5) is 1.97. The molecule has 2 N–H and O–H groups in total. The lowest BCUT2D eigenvalue weighted by atomic mass is 10.2.